The van der Waals surface area contributed by atoms with Gasteiger partial charge in [0.25, 0.3) is 5.91 Å². The third-order valence-corrected chi connectivity index (χ3v) is 2.74. The van der Waals surface area contributed by atoms with Gasteiger partial charge in [-0.1, -0.05) is 12.1 Å². The first kappa shape index (κ1) is 12.0. The van der Waals surface area contributed by atoms with E-state index < -0.39 is 6.67 Å². The number of benzene rings is 1. The van der Waals surface area contributed by atoms with E-state index in [2.05, 4.69) is 0 Å². The third kappa shape index (κ3) is 2.82. The van der Waals surface area contributed by atoms with Crippen LogP contribution in [0.15, 0.2) is 24.3 Å². The minimum absolute atomic E-state index is 0.164. The summed E-state index contributed by atoms with van der Waals surface area (Å²) in [7, 11) is 1.45. The van der Waals surface area contributed by atoms with Crippen molar-refractivity contribution in [3.8, 4) is 0 Å². The quantitative estimate of drug-likeness (QED) is 0.786. The highest BCUT2D eigenvalue weighted by atomic mass is 19.1. The second-order valence-corrected chi connectivity index (χ2v) is 4.09. The molecule has 1 fully saturated rings. The second kappa shape index (κ2) is 5.27. The van der Waals surface area contributed by atoms with E-state index in [1.807, 2.05) is 0 Å². The molecule has 1 aliphatic carbocycles. The Kier molecular flexibility index (Phi) is 3.74. The number of carbonyl (C=O) groups excluding carboxylic acids is 1. The van der Waals surface area contributed by atoms with Crippen molar-refractivity contribution in [2.24, 2.45) is 0 Å². The number of amides is 1. The molecule has 0 aromatic heterocycles. The van der Waals surface area contributed by atoms with Crippen molar-refractivity contribution in [3.63, 3.8) is 0 Å². The summed E-state index contributed by atoms with van der Waals surface area (Å²) >= 11 is 0. The molecule has 1 saturated carbocycles. The number of alkyl halides is 1. The van der Waals surface area contributed by atoms with Crippen LogP contribution in [0.5, 0.6) is 0 Å². The normalized spacial score (nSPS) is 14.7. The molecule has 0 bridgehead atoms. The molecule has 0 spiro atoms. The fourth-order valence-electron chi connectivity index (χ4n) is 1.75. The van der Waals surface area contributed by atoms with Crippen molar-refractivity contribution < 1.29 is 13.9 Å². The lowest BCUT2D eigenvalue weighted by Crippen LogP contribution is -2.33. The van der Waals surface area contributed by atoms with E-state index in [9.17, 15) is 9.18 Å². The maximum Gasteiger partial charge on any atom is 0.259 e. The maximum atomic E-state index is 12.4. The smallest absolute Gasteiger partial charge is 0.259 e. The highest BCUT2D eigenvalue weighted by Gasteiger charge is 2.33. The first-order chi connectivity index (χ1) is 8.26. The standard InChI is InChI=1S/C13H15FNO2/c1-17-9-13(16)15(12-6-7-12)11-4-2-10(8-14)3-5-11/h2-5,9,12H,6-8H2,1H3. The van der Waals surface area contributed by atoms with Gasteiger partial charge in [-0.05, 0) is 30.5 Å². The average Bonchev–Trinajstić information content (AvgIpc) is 3.15. The SMILES string of the molecule is CO[CH]C(=O)N(c1ccc(CF)cc1)C1CC1. The Morgan fingerprint density at radius 3 is 2.59 bits per heavy atom. The number of hydrogen-bond acceptors (Lipinski definition) is 2. The number of anilines is 1. The Balaban J connectivity index is 2.16. The Bertz CT molecular complexity index is 387. The number of methoxy groups -OCH3 is 1. The van der Waals surface area contributed by atoms with Gasteiger partial charge in [0.05, 0.1) is 0 Å². The molecule has 0 atom stereocenters. The molecule has 0 unspecified atom stereocenters. The molecule has 2 rings (SSSR count). The topological polar surface area (TPSA) is 29.5 Å². The fraction of sp³-hybridized carbons (Fsp3) is 0.385. The number of nitrogens with zero attached hydrogens (tertiary/aromatic N) is 1. The Morgan fingerprint density at radius 2 is 2.12 bits per heavy atom. The van der Waals surface area contributed by atoms with Gasteiger partial charge in [-0.2, -0.15) is 0 Å². The third-order valence-electron chi connectivity index (χ3n) is 2.74. The molecule has 1 aromatic carbocycles. The number of rotatable bonds is 5. The molecule has 0 aliphatic heterocycles. The average molecular weight is 236 g/mol. The summed E-state index contributed by atoms with van der Waals surface area (Å²) in [4.78, 5) is 13.6. The number of hydrogen-bond donors (Lipinski definition) is 0. The van der Waals surface area contributed by atoms with E-state index in [4.69, 9.17) is 4.74 Å². The van der Waals surface area contributed by atoms with Crippen LogP contribution in [0.1, 0.15) is 18.4 Å². The Labute approximate surface area is 100 Å². The van der Waals surface area contributed by atoms with Crippen LogP contribution in [0, 0.1) is 6.61 Å². The van der Waals surface area contributed by atoms with Gasteiger partial charge < -0.3 is 9.64 Å². The molecule has 1 aliphatic rings. The zero-order valence-corrected chi connectivity index (χ0v) is 9.73. The van der Waals surface area contributed by atoms with Crippen molar-refractivity contribution in [2.45, 2.75) is 25.6 Å². The molecule has 0 saturated heterocycles. The van der Waals surface area contributed by atoms with E-state index >= 15 is 0 Å². The van der Waals surface area contributed by atoms with Crippen molar-refractivity contribution >= 4 is 11.6 Å². The molecule has 17 heavy (non-hydrogen) atoms. The molecular formula is C13H15FNO2. The molecule has 91 valence electrons. The second-order valence-electron chi connectivity index (χ2n) is 4.09. The van der Waals surface area contributed by atoms with Crippen molar-refractivity contribution in [1.29, 1.82) is 0 Å². The van der Waals surface area contributed by atoms with Gasteiger partial charge in [-0.25, -0.2) is 4.39 Å². The van der Waals surface area contributed by atoms with Gasteiger partial charge >= 0.3 is 0 Å². The Hall–Kier alpha value is -1.42. The van der Waals surface area contributed by atoms with Crippen molar-refractivity contribution in [3.05, 3.63) is 36.4 Å². The highest BCUT2D eigenvalue weighted by Crippen LogP contribution is 2.32. The first-order valence-corrected chi connectivity index (χ1v) is 5.60. The summed E-state index contributed by atoms with van der Waals surface area (Å²) in [5, 5.41) is 0. The van der Waals surface area contributed by atoms with Crippen molar-refractivity contribution in [2.75, 3.05) is 12.0 Å². The van der Waals surface area contributed by atoms with Gasteiger partial charge in [-0.3, -0.25) is 4.79 Å². The zero-order valence-electron chi connectivity index (χ0n) is 9.73. The molecule has 1 radical (unpaired) electrons. The Morgan fingerprint density at radius 1 is 1.47 bits per heavy atom. The lowest BCUT2D eigenvalue weighted by molar-refractivity contribution is -0.118. The van der Waals surface area contributed by atoms with Crippen molar-refractivity contribution in [1.82, 2.24) is 0 Å². The predicted octanol–water partition coefficient (Wildman–Crippen LogP) is 2.46. The van der Waals surface area contributed by atoms with E-state index in [1.165, 1.54) is 13.7 Å². The lowest BCUT2D eigenvalue weighted by Gasteiger charge is -2.22. The van der Waals surface area contributed by atoms with Gasteiger partial charge in [0.15, 0.2) is 6.61 Å². The number of carbonyl (C=O) groups is 1. The van der Waals surface area contributed by atoms with Gasteiger partial charge in [0.1, 0.15) is 6.67 Å². The molecule has 0 heterocycles. The van der Waals surface area contributed by atoms with Gasteiger partial charge in [0.2, 0.25) is 0 Å². The number of halogens is 1. The maximum absolute atomic E-state index is 12.4. The highest BCUT2D eigenvalue weighted by molar-refractivity contribution is 5.99. The van der Waals surface area contributed by atoms with E-state index in [1.54, 1.807) is 29.2 Å². The van der Waals surface area contributed by atoms with Crippen LogP contribution < -0.4 is 4.90 Å². The molecule has 4 heteroatoms. The van der Waals surface area contributed by atoms with E-state index in [0.29, 0.717) is 5.56 Å². The van der Waals surface area contributed by atoms with Crippen LogP contribution in [0.3, 0.4) is 0 Å². The van der Waals surface area contributed by atoms with Crippen LogP contribution in [-0.4, -0.2) is 19.1 Å². The predicted molar refractivity (Wildman–Crippen MR) is 63.1 cm³/mol. The molecule has 1 aromatic rings. The zero-order chi connectivity index (χ0) is 12.3. The molecular weight excluding hydrogens is 221 g/mol. The summed E-state index contributed by atoms with van der Waals surface area (Å²) < 4.78 is 17.2. The number of ether oxygens (including phenoxy) is 1. The van der Waals surface area contributed by atoms with Crippen LogP contribution >= 0.6 is 0 Å². The minimum atomic E-state index is -0.484. The van der Waals surface area contributed by atoms with Crippen LogP contribution in [0.2, 0.25) is 0 Å². The molecule has 0 N–H and O–H groups in total. The summed E-state index contributed by atoms with van der Waals surface area (Å²) in [5.41, 5.74) is 1.41. The van der Waals surface area contributed by atoms with Crippen LogP contribution in [0.4, 0.5) is 10.1 Å². The minimum Gasteiger partial charge on any atom is -0.368 e. The van der Waals surface area contributed by atoms with Crippen LogP contribution in [-0.2, 0) is 16.2 Å². The van der Waals surface area contributed by atoms with Gasteiger partial charge in [-0.15, -0.1) is 0 Å². The summed E-state index contributed by atoms with van der Waals surface area (Å²) in [5.74, 6) is -0.164. The first-order valence-electron chi connectivity index (χ1n) is 5.60. The molecule has 1 amide bonds. The summed E-state index contributed by atoms with van der Waals surface area (Å²) in [6.07, 6.45) is 2.02. The summed E-state index contributed by atoms with van der Waals surface area (Å²) in [6, 6.07) is 7.20. The lowest BCUT2D eigenvalue weighted by atomic mass is 10.2. The van der Waals surface area contributed by atoms with Gasteiger partial charge in [0, 0.05) is 18.8 Å². The monoisotopic (exact) mass is 236 g/mol. The van der Waals surface area contributed by atoms with E-state index in [0.717, 1.165) is 18.5 Å². The fourth-order valence-corrected chi connectivity index (χ4v) is 1.75. The molecule has 3 nitrogen and oxygen atoms in total. The van der Waals surface area contributed by atoms with E-state index in [-0.39, 0.29) is 11.9 Å². The summed E-state index contributed by atoms with van der Waals surface area (Å²) in [6.45, 7) is 0.712. The largest absolute Gasteiger partial charge is 0.368 e. The van der Waals surface area contributed by atoms with Crippen LogP contribution in [0.25, 0.3) is 0 Å².